The van der Waals surface area contributed by atoms with Crippen molar-refractivity contribution in [2.75, 3.05) is 65.3 Å². The molecule has 7 atom stereocenters. The molecule has 3 fully saturated rings. The number of rotatable bonds is 5. The topological polar surface area (TPSA) is 223 Å². The molecule has 2 aromatic carbocycles. The molecule has 0 radical (unpaired) electrons. The molecule has 0 saturated carbocycles. The molecule has 2 spiro atoms. The number of esters is 1. The SMILES string of the molecule is C/C1=C/C=C/C(C)C[C@@H](C)C(O)[C@@H](C)C(OC(=O)CC(=O)N2CCC3(CCN(C)CC3)C2)[C@H](C)C/C=C/OC2(C)Oc3c(C)c(O)c4c(O)c(c5c(c4c3C2=O)=NC2(CCN(CC(C)C)CC2)N=5)NC1=O.CO. The van der Waals surface area contributed by atoms with Crippen LogP contribution >= 0.6 is 0 Å². The van der Waals surface area contributed by atoms with Gasteiger partial charge in [-0.1, -0.05) is 59.8 Å². The zero-order valence-corrected chi connectivity index (χ0v) is 44.9. The predicted molar refractivity (Wildman–Crippen MR) is 278 cm³/mol. The van der Waals surface area contributed by atoms with E-state index in [-0.39, 0.29) is 78.9 Å². The average Bonchev–Trinajstić information content (AvgIpc) is 4.03. The van der Waals surface area contributed by atoms with Gasteiger partial charge in [-0.2, -0.15) is 0 Å². The number of fused-ring (bicyclic) bond motifs is 13. The molecular formula is C56H80N6O11. The highest BCUT2D eigenvalue weighted by molar-refractivity contribution is 6.19. The molecule has 3 saturated heterocycles. The molecule has 9 rings (SSSR count). The van der Waals surface area contributed by atoms with Crippen LogP contribution in [-0.2, 0) is 23.9 Å². The number of piperidine rings is 2. The summed E-state index contributed by atoms with van der Waals surface area (Å²) >= 11 is 0. The molecule has 0 aromatic heterocycles. The summed E-state index contributed by atoms with van der Waals surface area (Å²) in [5, 5.41) is 46.5. The molecule has 17 nitrogen and oxygen atoms in total. The predicted octanol–water partition coefficient (Wildman–Crippen LogP) is 6.08. The van der Waals surface area contributed by atoms with Gasteiger partial charge in [0.2, 0.25) is 5.91 Å². The van der Waals surface area contributed by atoms with E-state index < -0.39 is 59.4 Å². The van der Waals surface area contributed by atoms with E-state index in [1.54, 1.807) is 37.0 Å². The van der Waals surface area contributed by atoms with Crippen molar-refractivity contribution in [2.45, 2.75) is 137 Å². The molecule has 400 valence electrons. The fourth-order valence-electron chi connectivity index (χ4n) is 11.9. The van der Waals surface area contributed by atoms with Gasteiger partial charge in [0.25, 0.3) is 11.7 Å². The minimum absolute atomic E-state index is 0.0144. The van der Waals surface area contributed by atoms with Crippen molar-refractivity contribution >= 4 is 40.0 Å². The third-order valence-corrected chi connectivity index (χ3v) is 16.3. The second-order valence-corrected chi connectivity index (χ2v) is 22.6. The van der Waals surface area contributed by atoms with Gasteiger partial charge < -0.3 is 54.7 Å². The van der Waals surface area contributed by atoms with Crippen LogP contribution in [0.1, 0.15) is 123 Å². The number of carbonyl (C=O) groups is 4. The first-order valence-electron chi connectivity index (χ1n) is 26.3. The zero-order chi connectivity index (χ0) is 53.3. The van der Waals surface area contributed by atoms with Crippen molar-refractivity contribution in [3.05, 3.63) is 58.0 Å². The molecule has 17 heteroatoms. The molecule has 7 heterocycles. The lowest BCUT2D eigenvalue weighted by Crippen LogP contribution is -2.43. The summed E-state index contributed by atoms with van der Waals surface area (Å²) in [6, 6.07) is 0. The maximum absolute atomic E-state index is 14.8. The van der Waals surface area contributed by atoms with E-state index in [0.717, 1.165) is 59.1 Å². The monoisotopic (exact) mass is 1010 g/mol. The van der Waals surface area contributed by atoms with Crippen molar-refractivity contribution in [3.63, 3.8) is 0 Å². The van der Waals surface area contributed by atoms with Crippen LogP contribution in [0.3, 0.4) is 0 Å². The molecule has 7 aliphatic rings. The third-order valence-electron chi connectivity index (χ3n) is 16.3. The summed E-state index contributed by atoms with van der Waals surface area (Å²) in [6.45, 7) is 22.4. The fourth-order valence-corrected chi connectivity index (χ4v) is 11.9. The Morgan fingerprint density at radius 1 is 0.918 bits per heavy atom. The lowest BCUT2D eigenvalue weighted by Gasteiger charge is -2.37. The first-order valence-corrected chi connectivity index (χ1v) is 26.3. The number of amides is 2. The highest BCUT2D eigenvalue weighted by Gasteiger charge is 2.50. The van der Waals surface area contributed by atoms with Crippen molar-refractivity contribution in [1.29, 1.82) is 0 Å². The van der Waals surface area contributed by atoms with E-state index in [0.29, 0.717) is 50.3 Å². The standard InChI is InChI=1S/C55H76N6O10.CH4O/c1-31(2)29-60-23-19-55(20-24-60)57-43-40-41-47(65)37(8)50-42(40)51(67)53(9,71-50)69-26-12-15-33(4)49(70-39(63)28-38(62)61-25-18-54(30-61)16-21-59(10)22-17-54)36(7)46(64)35(6)27-32(3)13-11-14-34(5)52(68)56-45(48(41)66)44(43)58-55;1-2/h11-14,26,31-33,35-36,46,49,64-66H,15-25,27-30H2,1-10H3,(H,56,68);2H,1H3/b13-11+,26-12+,34-14-;/t32?,33-,35-,36-,46?,49?,53?;/m1./s1. The number of Topliss-reactive ketones (excluding diaryl/α,β-unsaturated/α-hetero) is 1. The molecule has 2 aromatic rings. The van der Waals surface area contributed by atoms with Crippen molar-refractivity contribution in [3.8, 4) is 17.2 Å². The summed E-state index contributed by atoms with van der Waals surface area (Å²) in [4.78, 5) is 73.1. The first-order chi connectivity index (χ1) is 34.5. The Bertz CT molecular complexity index is 2660. The van der Waals surface area contributed by atoms with Gasteiger partial charge in [0.15, 0.2) is 11.4 Å². The number of phenolic OH excluding ortho intramolecular Hbond substituents is 2. The maximum atomic E-state index is 14.8. The second kappa shape index (κ2) is 22.2. The summed E-state index contributed by atoms with van der Waals surface area (Å²) < 4.78 is 18.7. The minimum Gasteiger partial charge on any atom is -0.507 e. The van der Waals surface area contributed by atoms with Crippen LogP contribution in [-0.4, -0.2) is 142 Å². The first kappa shape index (κ1) is 55.4. The van der Waals surface area contributed by atoms with Gasteiger partial charge in [0, 0.05) is 82.0 Å². The molecule has 5 N–H and O–H groups in total. The molecule has 2 amide bonds. The molecule has 5 bridgehead atoms. The maximum Gasteiger partial charge on any atom is 0.315 e. The third kappa shape index (κ3) is 11.3. The number of nitrogens with zero attached hydrogens (tertiary/aromatic N) is 5. The van der Waals surface area contributed by atoms with Crippen molar-refractivity contribution in [2.24, 2.45) is 45.0 Å². The van der Waals surface area contributed by atoms with Gasteiger partial charge in [0.1, 0.15) is 35.1 Å². The van der Waals surface area contributed by atoms with Crippen LogP contribution in [0, 0.1) is 41.9 Å². The fraction of sp³-hybridized carbons (Fsp3) is 0.643. The van der Waals surface area contributed by atoms with Gasteiger partial charge in [-0.15, -0.1) is 0 Å². The molecular weight excluding hydrogens is 933 g/mol. The number of allylic oxidation sites excluding steroid dienone is 4. The van der Waals surface area contributed by atoms with Crippen LogP contribution in [0.5, 0.6) is 17.2 Å². The summed E-state index contributed by atoms with van der Waals surface area (Å²) in [5.41, 5.74) is -0.290. The van der Waals surface area contributed by atoms with Crippen LogP contribution in [0.15, 0.2) is 46.1 Å². The van der Waals surface area contributed by atoms with Gasteiger partial charge in [-0.25, -0.2) is 0 Å². The number of benzene rings is 2. The van der Waals surface area contributed by atoms with Crippen LogP contribution in [0.25, 0.3) is 10.8 Å². The molecule has 4 unspecified atom stereocenters. The number of aliphatic hydroxyl groups is 2. The smallest absolute Gasteiger partial charge is 0.315 e. The number of anilines is 1. The summed E-state index contributed by atoms with van der Waals surface area (Å²) in [6.07, 6.45) is 11.4. The second-order valence-electron chi connectivity index (χ2n) is 22.6. The van der Waals surface area contributed by atoms with Gasteiger partial charge in [-0.05, 0) is 101 Å². The number of phenols is 2. The quantitative estimate of drug-likeness (QED) is 0.130. The number of carbonyl (C=O) groups excluding carboxylic acids is 4. The average molecular weight is 1010 g/mol. The number of nitrogens with one attached hydrogen (secondary N) is 1. The number of aromatic hydroxyl groups is 2. The van der Waals surface area contributed by atoms with Crippen LogP contribution < -0.4 is 20.8 Å². The normalized spacial score (nSPS) is 30.1. The van der Waals surface area contributed by atoms with Gasteiger partial charge in [0.05, 0.1) is 28.7 Å². The Labute approximate surface area is 430 Å². The van der Waals surface area contributed by atoms with Crippen molar-refractivity contribution < 1.29 is 53.8 Å². The molecule has 0 aliphatic carbocycles. The van der Waals surface area contributed by atoms with E-state index in [1.165, 1.54) is 13.2 Å². The van der Waals surface area contributed by atoms with Gasteiger partial charge in [-0.3, -0.25) is 29.2 Å². The van der Waals surface area contributed by atoms with Crippen molar-refractivity contribution in [1.82, 2.24) is 14.7 Å². The number of likely N-dealkylation sites (tertiary alicyclic amines) is 3. The Hall–Kier alpha value is -5.36. The Morgan fingerprint density at radius 3 is 2.25 bits per heavy atom. The molecule has 7 aliphatic heterocycles. The van der Waals surface area contributed by atoms with E-state index >= 15 is 0 Å². The number of ether oxygens (including phenoxy) is 3. The van der Waals surface area contributed by atoms with Crippen LogP contribution in [0.4, 0.5) is 5.69 Å². The Kier molecular flexibility index (Phi) is 16.9. The van der Waals surface area contributed by atoms with Gasteiger partial charge >= 0.3 is 11.8 Å². The number of hydrogen-bond donors (Lipinski definition) is 5. The number of aliphatic hydroxyl groups excluding tert-OH is 2. The van der Waals surface area contributed by atoms with E-state index in [4.69, 9.17) is 29.3 Å². The van der Waals surface area contributed by atoms with E-state index in [1.807, 2.05) is 33.8 Å². The van der Waals surface area contributed by atoms with E-state index in [2.05, 4.69) is 36.0 Å². The Morgan fingerprint density at radius 2 is 1.58 bits per heavy atom. The van der Waals surface area contributed by atoms with Crippen LogP contribution in [0.2, 0.25) is 0 Å². The lowest BCUT2D eigenvalue weighted by atomic mass is 9.78. The lowest BCUT2D eigenvalue weighted by molar-refractivity contribution is -0.161. The summed E-state index contributed by atoms with van der Waals surface area (Å²) in [5.74, 6) is -5.32. The Balaban J connectivity index is 0.00000385. The highest BCUT2D eigenvalue weighted by atomic mass is 16.7. The number of ketones is 1. The van der Waals surface area contributed by atoms with E-state index in [9.17, 15) is 34.5 Å². The largest absolute Gasteiger partial charge is 0.507 e. The summed E-state index contributed by atoms with van der Waals surface area (Å²) in [7, 11) is 3.12. The minimum atomic E-state index is -1.91. The number of hydrogen-bond acceptors (Lipinski definition) is 15. The highest BCUT2D eigenvalue weighted by Crippen LogP contribution is 2.50. The molecule has 73 heavy (non-hydrogen) atoms. The zero-order valence-electron chi connectivity index (χ0n) is 44.9.